The number of benzene rings is 1. The van der Waals surface area contributed by atoms with Crippen molar-refractivity contribution in [3.63, 3.8) is 0 Å². The van der Waals surface area contributed by atoms with Crippen LogP contribution < -0.4 is 0 Å². The number of rotatable bonds is 8. The fourth-order valence-electron chi connectivity index (χ4n) is 1.67. The summed E-state index contributed by atoms with van der Waals surface area (Å²) in [6.45, 7) is 5.47. The Morgan fingerprint density at radius 2 is 2.00 bits per heavy atom. The smallest absolute Gasteiger partial charge is 0.0716 e. The topological polar surface area (TPSA) is 29.5 Å². The van der Waals surface area contributed by atoms with Crippen molar-refractivity contribution in [3.05, 3.63) is 47.5 Å². The molecule has 2 heteroatoms. The van der Waals surface area contributed by atoms with E-state index >= 15 is 0 Å². The molecule has 1 rings (SSSR count). The minimum Gasteiger partial charge on any atom is -0.393 e. The first kappa shape index (κ1) is 14.9. The van der Waals surface area contributed by atoms with Crippen molar-refractivity contribution in [2.24, 2.45) is 0 Å². The third-order valence-corrected chi connectivity index (χ3v) is 2.74. The highest BCUT2D eigenvalue weighted by Gasteiger charge is 2.01. The van der Waals surface area contributed by atoms with Gasteiger partial charge in [0.1, 0.15) is 0 Å². The summed E-state index contributed by atoms with van der Waals surface area (Å²) in [5, 5.41) is 9.71. The zero-order valence-electron chi connectivity index (χ0n) is 11.4. The number of hydrogen-bond acceptors (Lipinski definition) is 2. The van der Waals surface area contributed by atoms with Gasteiger partial charge in [-0.1, -0.05) is 42.0 Å². The summed E-state index contributed by atoms with van der Waals surface area (Å²) in [6.07, 6.45) is 4.31. The molecule has 18 heavy (non-hydrogen) atoms. The van der Waals surface area contributed by atoms with Crippen molar-refractivity contribution in [1.82, 2.24) is 0 Å². The Hall–Kier alpha value is -1.12. The summed E-state index contributed by atoms with van der Waals surface area (Å²) >= 11 is 0. The quantitative estimate of drug-likeness (QED) is 0.561. The Kier molecular flexibility index (Phi) is 7.38. The fourth-order valence-corrected chi connectivity index (χ4v) is 1.67. The number of aliphatic hydroxyl groups excluding tert-OH is 1. The van der Waals surface area contributed by atoms with E-state index in [-0.39, 0.29) is 6.10 Å². The Morgan fingerprint density at radius 3 is 2.67 bits per heavy atom. The zero-order chi connectivity index (χ0) is 13.2. The number of ether oxygens (including phenoxy) is 1. The van der Waals surface area contributed by atoms with Crippen LogP contribution in [-0.2, 0) is 11.3 Å². The van der Waals surface area contributed by atoms with E-state index in [0.717, 1.165) is 19.3 Å². The van der Waals surface area contributed by atoms with E-state index in [4.69, 9.17) is 4.74 Å². The van der Waals surface area contributed by atoms with Crippen molar-refractivity contribution in [1.29, 1.82) is 0 Å². The Labute approximate surface area is 110 Å². The van der Waals surface area contributed by atoms with Gasteiger partial charge in [-0.25, -0.2) is 0 Å². The van der Waals surface area contributed by atoms with Gasteiger partial charge < -0.3 is 9.84 Å². The molecule has 0 fully saturated rings. The van der Waals surface area contributed by atoms with Gasteiger partial charge in [0.25, 0.3) is 0 Å². The summed E-state index contributed by atoms with van der Waals surface area (Å²) in [6, 6.07) is 10.2. The summed E-state index contributed by atoms with van der Waals surface area (Å²) < 4.78 is 5.57. The van der Waals surface area contributed by atoms with Crippen LogP contribution >= 0.6 is 0 Å². The van der Waals surface area contributed by atoms with Crippen LogP contribution in [0.1, 0.15) is 38.7 Å². The lowest BCUT2D eigenvalue weighted by molar-refractivity contribution is 0.0978. The largest absolute Gasteiger partial charge is 0.393 e. The van der Waals surface area contributed by atoms with Crippen molar-refractivity contribution >= 4 is 0 Å². The van der Waals surface area contributed by atoms with E-state index < -0.39 is 0 Å². The van der Waals surface area contributed by atoms with Crippen LogP contribution in [0.5, 0.6) is 0 Å². The lowest BCUT2D eigenvalue weighted by Crippen LogP contribution is -2.07. The molecule has 2 nitrogen and oxygen atoms in total. The molecule has 0 unspecified atom stereocenters. The second-order valence-corrected chi connectivity index (χ2v) is 4.85. The average molecular weight is 248 g/mol. The maximum absolute atomic E-state index is 9.71. The van der Waals surface area contributed by atoms with E-state index in [1.807, 2.05) is 18.2 Å². The van der Waals surface area contributed by atoms with Crippen molar-refractivity contribution in [2.75, 3.05) is 6.61 Å². The Bertz CT molecular complexity index is 339. The van der Waals surface area contributed by atoms with Gasteiger partial charge in [-0.05, 0) is 38.7 Å². The molecule has 0 aliphatic rings. The fraction of sp³-hybridized carbons (Fsp3) is 0.500. The van der Waals surface area contributed by atoms with Crippen LogP contribution in [0.4, 0.5) is 0 Å². The molecule has 0 aliphatic heterocycles. The molecular weight excluding hydrogens is 224 g/mol. The second-order valence-electron chi connectivity index (χ2n) is 4.85. The normalized spacial score (nSPS) is 12.2. The first-order chi connectivity index (χ1) is 8.68. The second kappa shape index (κ2) is 8.90. The maximum Gasteiger partial charge on any atom is 0.0716 e. The molecule has 1 atom stereocenters. The molecule has 0 aromatic heterocycles. The van der Waals surface area contributed by atoms with Gasteiger partial charge in [0.05, 0.1) is 12.7 Å². The maximum atomic E-state index is 9.71. The number of hydrogen-bond donors (Lipinski definition) is 1. The van der Waals surface area contributed by atoms with Gasteiger partial charge in [-0.3, -0.25) is 0 Å². The zero-order valence-corrected chi connectivity index (χ0v) is 11.4. The number of aliphatic hydroxyl groups is 1. The molecule has 0 radical (unpaired) electrons. The van der Waals surface area contributed by atoms with Crippen LogP contribution in [0.25, 0.3) is 0 Å². The van der Waals surface area contributed by atoms with Gasteiger partial charge in [-0.2, -0.15) is 0 Å². The van der Waals surface area contributed by atoms with Gasteiger partial charge >= 0.3 is 0 Å². The molecule has 1 aromatic rings. The lowest BCUT2D eigenvalue weighted by atomic mass is 10.1. The summed E-state index contributed by atoms with van der Waals surface area (Å²) in [7, 11) is 0. The SMILES string of the molecule is CC(C)=CC[C@@H](O)CCCOCc1ccccc1. The molecule has 0 bridgehead atoms. The third-order valence-electron chi connectivity index (χ3n) is 2.74. The van der Waals surface area contributed by atoms with Gasteiger partial charge in [-0.15, -0.1) is 0 Å². The summed E-state index contributed by atoms with van der Waals surface area (Å²) in [5.74, 6) is 0. The van der Waals surface area contributed by atoms with E-state index in [1.165, 1.54) is 11.1 Å². The predicted octanol–water partition coefficient (Wildman–Crippen LogP) is 3.70. The van der Waals surface area contributed by atoms with Gasteiger partial charge in [0.15, 0.2) is 0 Å². The molecule has 1 N–H and O–H groups in total. The highest BCUT2D eigenvalue weighted by atomic mass is 16.5. The van der Waals surface area contributed by atoms with Crippen LogP contribution in [-0.4, -0.2) is 17.8 Å². The third kappa shape index (κ3) is 7.25. The van der Waals surface area contributed by atoms with Crippen LogP contribution in [0, 0.1) is 0 Å². The van der Waals surface area contributed by atoms with E-state index in [1.54, 1.807) is 0 Å². The highest BCUT2D eigenvalue weighted by Crippen LogP contribution is 2.06. The van der Waals surface area contributed by atoms with Crippen LogP contribution in [0.15, 0.2) is 42.0 Å². The molecule has 0 heterocycles. The molecule has 100 valence electrons. The summed E-state index contributed by atoms with van der Waals surface area (Å²) in [4.78, 5) is 0. The molecule has 0 saturated carbocycles. The molecule has 0 aliphatic carbocycles. The molecular formula is C16H24O2. The minimum absolute atomic E-state index is 0.236. The molecule has 0 spiro atoms. The van der Waals surface area contributed by atoms with Crippen molar-refractivity contribution in [2.45, 2.75) is 45.8 Å². The van der Waals surface area contributed by atoms with Crippen LogP contribution in [0.3, 0.4) is 0 Å². The Balaban J connectivity index is 2.03. The first-order valence-electron chi connectivity index (χ1n) is 6.61. The van der Waals surface area contributed by atoms with Crippen LogP contribution in [0.2, 0.25) is 0 Å². The molecule has 0 saturated heterocycles. The van der Waals surface area contributed by atoms with E-state index in [9.17, 15) is 5.11 Å². The van der Waals surface area contributed by atoms with Gasteiger partial charge in [0, 0.05) is 6.61 Å². The predicted molar refractivity (Wildman–Crippen MR) is 75.4 cm³/mol. The van der Waals surface area contributed by atoms with E-state index in [0.29, 0.717) is 13.2 Å². The molecule has 1 aromatic carbocycles. The Morgan fingerprint density at radius 1 is 1.28 bits per heavy atom. The van der Waals surface area contributed by atoms with Crippen molar-refractivity contribution in [3.8, 4) is 0 Å². The first-order valence-corrected chi connectivity index (χ1v) is 6.61. The highest BCUT2D eigenvalue weighted by molar-refractivity contribution is 5.13. The van der Waals surface area contributed by atoms with Gasteiger partial charge in [0.2, 0.25) is 0 Å². The molecule has 0 amide bonds. The van der Waals surface area contributed by atoms with Crippen molar-refractivity contribution < 1.29 is 9.84 Å². The van der Waals surface area contributed by atoms with E-state index in [2.05, 4.69) is 32.1 Å². The number of allylic oxidation sites excluding steroid dienone is 1. The lowest BCUT2D eigenvalue weighted by Gasteiger charge is -2.08. The standard InChI is InChI=1S/C16H24O2/c1-14(2)10-11-16(17)9-6-12-18-13-15-7-4-3-5-8-15/h3-5,7-8,10,16-17H,6,9,11-13H2,1-2H3/t16-/m0/s1. The monoisotopic (exact) mass is 248 g/mol. The average Bonchev–Trinajstić information content (AvgIpc) is 2.37. The minimum atomic E-state index is -0.236. The summed E-state index contributed by atoms with van der Waals surface area (Å²) in [5.41, 5.74) is 2.46.